The third-order valence-electron chi connectivity index (χ3n) is 3.50. The Bertz CT molecular complexity index is 421. The maximum absolute atomic E-state index is 12.9. The number of nitrogens with zero attached hydrogens (tertiary/aromatic N) is 2. The summed E-state index contributed by atoms with van der Waals surface area (Å²) in [5.74, 6) is 1.07. The highest BCUT2D eigenvalue weighted by Gasteiger charge is 2.35. The number of piperidine rings is 1. The Hall–Kier alpha value is -1.10. The molecule has 1 saturated heterocycles. The molecule has 0 saturated carbocycles. The van der Waals surface area contributed by atoms with Gasteiger partial charge in [0.05, 0.1) is 0 Å². The molecule has 1 aliphatic rings. The van der Waals surface area contributed by atoms with Crippen molar-refractivity contribution in [2.24, 2.45) is 11.8 Å². The highest BCUT2D eigenvalue weighted by molar-refractivity contribution is 5.22. The van der Waals surface area contributed by atoms with Gasteiger partial charge in [-0.25, -0.2) is 0 Å². The number of rotatable bonds is 2. The van der Waals surface area contributed by atoms with E-state index < -0.39 is 11.9 Å². The molecule has 2 heterocycles. The second-order valence-corrected chi connectivity index (χ2v) is 5.65. The molecule has 2 atom stereocenters. The summed E-state index contributed by atoms with van der Waals surface area (Å²) in [6.45, 7) is 6.34. The highest BCUT2D eigenvalue weighted by Crippen LogP contribution is 2.31. The first-order chi connectivity index (χ1) is 8.86. The van der Waals surface area contributed by atoms with Crippen LogP contribution in [0.4, 0.5) is 13.2 Å². The van der Waals surface area contributed by atoms with E-state index in [4.69, 9.17) is 0 Å². The van der Waals surface area contributed by atoms with Crippen LogP contribution in [0.5, 0.6) is 0 Å². The quantitative estimate of drug-likeness (QED) is 0.818. The molecule has 0 radical (unpaired) electrons. The van der Waals surface area contributed by atoms with Crippen molar-refractivity contribution in [2.45, 2.75) is 33.0 Å². The molecule has 5 heteroatoms. The number of pyridine rings is 1. The van der Waals surface area contributed by atoms with E-state index in [2.05, 4.69) is 23.7 Å². The number of hydrogen-bond acceptors (Lipinski definition) is 2. The van der Waals surface area contributed by atoms with Gasteiger partial charge in [0.25, 0.3) is 0 Å². The molecule has 2 nitrogen and oxygen atoms in total. The number of alkyl halides is 3. The van der Waals surface area contributed by atoms with Crippen LogP contribution in [0, 0.1) is 11.8 Å². The van der Waals surface area contributed by atoms with E-state index in [-0.39, 0.29) is 5.56 Å². The van der Waals surface area contributed by atoms with Crippen LogP contribution < -0.4 is 0 Å². The molecule has 1 aromatic heterocycles. The van der Waals surface area contributed by atoms with Gasteiger partial charge in [0.2, 0.25) is 0 Å². The fourth-order valence-corrected chi connectivity index (χ4v) is 2.98. The Morgan fingerprint density at radius 2 is 1.89 bits per heavy atom. The zero-order valence-corrected chi connectivity index (χ0v) is 11.2. The maximum Gasteiger partial charge on any atom is 0.433 e. The lowest BCUT2D eigenvalue weighted by atomic mass is 9.91. The van der Waals surface area contributed by atoms with Gasteiger partial charge in [0, 0.05) is 25.8 Å². The Morgan fingerprint density at radius 3 is 2.47 bits per heavy atom. The summed E-state index contributed by atoms with van der Waals surface area (Å²) in [4.78, 5) is 5.60. The SMILES string of the molecule is CC1CC(C)CN(Cc2cccnc2C(F)(F)F)C1. The average molecular weight is 272 g/mol. The normalized spacial score (nSPS) is 25.5. The zero-order chi connectivity index (χ0) is 14.0. The third kappa shape index (κ3) is 3.69. The Morgan fingerprint density at radius 1 is 1.26 bits per heavy atom. The van der Waals surface area contributed by atoms with Gasteiger partial charge in [-0.1, -0.05) is 19.9 Å². The summed E-state index contributed by atoms with van der Waals surface area (Å²) in [5, 5.41) is 0. The average Bonchev–Trinajstić information content (AvgIpc) is 2.26. The minimum absolute atomic E-state index is 0.274. The summed E-state index contributed by atoms with van der Waals surface area (Å²) >= 11 is 0. The largest absolute Gasteiger partial charge is 0.433 e. The molecule has 0 amide bonds. The van der Waals surface area contributed by atoms with Crippen molar-refractivity contribution >= 4 is 0 Å². The predicted octanol–water partition coefficient (Wildman–Crippen LogP) is 3.58. The highest BCUT2D eigenvalue weighted by atomic mass is 19.4. The van der Waals surface area contributed by atoms with E-state index in [1.54, 1.807) is 6.07 Å². The molecule has 0 N–H and O–H groups in total. The van der Waals surface area contributed by atoms with Gasteiger partial charge in [-0.2, -0.15) is 13.2 Å². The molecular weight excluding hydrogens is 253 g/mol. The number of hydrogen-bond donors (Lipinski definition) is 0. The molecule has 0 aromatic carbocycles. The smallest absolute Gasteiger partial charge is 0.298 e. The fraction of sp³-hybridized carbons (Fsp3) is 0.643. The van der Waals surface area contributed by atoms with Crippen molar-refractivity contribution in [3.63, 3.8) is 0 Å². The molecule has 1 aromatic rings. The molecule has 1 aliphatic heterocycles. The number of likely N-dealkylation sites (tertiary alicyclic amines) is 1. The first-order valence-electron chi connectivity index (χ1n) is 6.59. The second kappa shape index (κ2) is 5.49. The van der Waals surface area contributed by atoms with Crippen LogP contribution >= 0.6 is 0 Å². The van der Waals surface area contributed by atoms with Crippen molar-refractivity contribution in [1.82, 2.24) is 9.88 Å². The second-order valence-electron chi connectivity index (χ2n) is 5.65. The van der Waals surface area contributed by atoms with Crippen molar-refractivity contribution in [1.29, 1.82) is 0 Å². The molecule has 0 bridgehead atoms. The third-order valence-corrected chi connectivity index (χ3v) is 3.50. The van der Waals surface area contributed by atoms with Crippen LogP contribution in [0.25, 0.3) is 0 Å². The fourth-order valence-electron chi connectivity index (χ4n) is 2.98. The van der Waals surface area contributed by atoms with E-state index in [0.29, 0.717) is 18.4 Å². The van der Waals surface area contributed by atoms with Gasteiger partial charge >= 0.3 is 6.18 Å². The van der Waals surface area contributed by atoms with Crippen molar-refractivity contribution < 1.29 is 13.2 Å². The lowest BCUT2D eigenvalue weighted by Crippen LogP contribution is -2.38. The van der Waals surface area contributed by atoms with Crippen molar-refractivity contribution in [2.75, 3.05) is 13.1 Å². The monoisotopic (exact) mass is 272 g/mol. The van der Waals surface area contributed by atoms with E-state index in [9.17, 15) is 13.2 Å². The molecule has 0 aliphatic carbocycles. The Kier molecular flexibility index (Phi) is 4.13. The molecule has 106 valence electrons. The van der Waals surface area contributed by atoms with Crippen molar-refractivity contribution in [3.8, 4) is 0 Å². The minimum atomic E-state index is -4.37. The minimum Gasteiger partial charge on any atom is -0.298 e. The first-order valence-corrected chi connectivity index (χ1v) is 6.59. The summed E-state index contributed by atoms with van der Waals surface area (Å²) in [6.07, 6.45) is -2.02. The lowest BCUT2D eigenvalue weighted by molar-refractivity contribution is -0.142. The van der Waals surface area contributed by atoms with Gasteiger partial charge in [-0.15, -0.1) is 0 Å². The maximum atomic E-state index is 12.9. The van der Waals surface area contributed by atoms with E-state index in [1.807, 2.05) is 0 Å². The Balaban J connectivity index is 2.15. The Labute approximate surface area is 111 Å². The predicted molar refractivity (Wildman–Crippen MR) is 67.5 cm³/mol. The number of aromatic nitrogens is 1. The first kappa shape index (κ1) is 14.3. The van der Waals surface area contributed by atoms with Gasteiger partial charge in [0.1, 0.15) is 5.69 Å². The van der Waals surface area contributed by atoms with Crippen LogP contribution in [0.1, 0.15) is 31.5 Å². The van der Waals surface area contributed by atoms with Gasteiger partial charge in [0.15, 0.2) is 0 Å². The van der Waals surface area contributed by atoms with E-state index >= 15 is 0 Å². The summed E-state index contributed by atoms with van der Waals surface area (Å²) < 4.78 is 38.6. The molecule has 1 fully saturated rings. The van der Waals surface area contributed by atoms with E-state index in [0.717, 1.165) is 19.5 Å². The lowest BCUT2D eigenvalue weighted by Gasteiger charge is -2.35. The van der Waals surface area contributed by atoms with Gasteiger partial charge in [-0.05, 0) is 29.9 Å². The molecular formula is C14H19F3N2. The van der Waals surface area contributed by atoms with Crippen LogP contribution in [0.15, 0.2) is 18.3 Å². The summed E-state index contributed by atoms with van der Waals surface area (Å²) in [7, 11) is 0. The molecule has 2 rings (SSSR count). The van der Waals surface area contributed by atoms with Crippen LogP contribution in [-0.4, -0.2) is 23.0 Å². The zero-order valence-electron chi connectivity index (χ0n) is 11.2. The topological polar surface area (TPSA) is 16.1 Å². The molecule has 19 heavy (non-hydrogen) atoms. The number of halogens is 3. The van der Waals surface area contributed by atoms with Crippen LogP contribution in [0.3, 0.4) is 0 Å². The summed E-state index contributed by atoms with van der Waals surface area (Å²) in [6, 6.07) is 3.10. The van der Waals surface area contributed by atoms with Crippen molar-refractivity contribution in [3.05, 3.63) is 29.6 Å². The molecule has 2 unspecified atom stereocenters. The van der Waals surface area contributed by atoms with Gasteiger partial charge in [-0.3, -0.25) is 9.88 Å². The van der Waals surface area contributed by atoms with Gasteiger partial charge < -0.3 is 0 Å². The summed E-state index contributed by atoms with van der Waals surface area (Å²) in [5.41, 5.74) is -0.475. The van der Waals surface area contributed by atoms with Crippen LogP contribution in [-0.2, 0) is 12.7 Å². The van der Waals surface area contributed by atoms with E-state index in [1.165, 1.54) is 12.3 Å². The van der Waals surface area contributed by atoms with Crippen LogP contribution in [0.2, 0.25) is 0 Å². The molecule has 0 spiro atoms. The standard InChI is InChI=1S/C14H19F3N2/c1-10-6-11(2)8-19(7-10)9-12-4-3-5-18-13(12)14(15,16)17/h3-5,10-11H,6-9H2,1-2H3.